The van der Waals surface area contributed by atoms with Crippen LogP contribution in [0.2, 0.25) is 0 Å². The van der Waals surface area contributed by atoms with Crippen molar-refractivity contribution in [3.8, 4) is 0 Å². The Bertz CT molecular complexity index is 388. The van der Waals surface area contributed by atoms with E-state index in [1.165, 1.54) is 49.8 Å². The summed E-state index contributed by atoms with van der Waals surface area (Å²) >= 11 is 0. The van der Waals surface area contributed by atoms with Gasteiger partial charge in [0.05, 0.1) is 11.8 Å². The third-order valence-corrected chi connectivity index (χ3v) is 4.06. The lowest BCUT2D eigenvalue weighted by atomic mass is 9.92. The van der Waals surface area contributed by atoms with Crippen LogP contribution in [-0.2, 0) is 11.2 Å². The zero-order chi connectivity index (χ0) is 12.2. The van der Waals surface area contributed by atoms with Crippen LogP contribution in [0.5, 0.6) is 0 Å². The van der Waals surface area contributed by atoms with Gasteiger partial charge in [0.1, 0.15) is 0 Å². The summed E-state index contributed by atoms with van der Waals surface area (Å²) in [6.07, 6.45) is 9.72. The summed E-state index contributed by atoms with van der Waals surface area (Å²) in [5.74, 6) is 0. The number of hydrogen-bond acceptors (Lipinski definition) is 3. The largest absolute Gasteiger partial charge is 0.377 e. The molecule has 1 aromatic rings. The molecule has 2 aliphatic rings. The van der Waals surface area contributed by atoms with Crippen LogP contribution in [0.1, 0.15) is 49.4 Å². The predicted octanol–water partition coefficient (Wildman–Crippen LogP) is 2.62. The summed E-state index contributed by atoms with van der Waals surface area (Å²) in [6, 6.07) is 4.69. The molecule has 98 valence electrons. The topological polar surface area (TPSA) is 34.2 Å². The normalized spacial score (nSPS) is 27.8. The van der Waals surface area contributed by atoms with E-state index in [4.69, 9.17) is 4.74 Å². The van der Waals surface area contributed by atoms with E-state index >= 15 is 0 Å². The summed E-state index contributed by atoms with van der Waals surface area (Å²) in [5.41, 5.74) is 2.69. The van der Waals surface area contributed by atoms with Gasteiger partial charge in [-0.05, 0) is 50.2 Å². The van der Waals surface area contributed by atoms with Crippen molar-refractivity contribution in [2.75, 3.05) is 13.2 Å². The average Bonchev–Trinajstić information content (AvgIpc) is 2.46. The van der Waals surface area contributed by atoms with Crippen LogP contribution in [0.3, 0.4) is 0 Å². The molecule has 0 radical (unpaired) electrons. The molecule has 0 aromatic carbocycles. The number of rotatable bonds is 3. The number of aryl methyl sites for hydroxylation is 1. The van der Waals surface area contributed by atoms with Gasteiger partial charge < -0.3 is 10.1 Å². The number of nitrogens with one attached hydrogen (secondary N) is 1. The molecule has 3 rings (SSSR count). The maximum Gasteiger partial charge on any atom is 0.0699 e. The number of nitrogens with zero attached hydrogens (tertiary/aromatic N) is 1. The minimum atomic E-state index is 0.410. The molecule has 2 heterocycles. The molecule has 1 N–H and O–H groups in total. The third kappa shape index (κ3) is 2.73. The maximum atomic E-state index is 5.77. The molecule has 0 amide bonds. The Hall–Kier alpha value is -0.930. The third-order valence-electron chi connectivity index (χ3n) is 4.06. The van der Waals surface area contributed by atoms with Crippen LogP contribution in [0.4, 0.5) is 0 Å². The number of pyridine rings is 1. The second kappa shape index (κ2) is 5.81. The minimum absolute atomic E-state index is 0.410. The Labute approximate surface area is 109 Å². The van der Waals surface area contributed by atoms with Gasteiger partial charge in [0.25, 0.3) is 0 Å². The lowest BCUT2D eigenvalue weighted by Crippen LogP contribution is -2.35. The smallest absolute Gasteiger partial charge is 0.0699 e. The zero-order valence-corrected chi connectivity index (χ0v) is 10.9. The Morgan fingerprint density at radius 2 is 2.28 bits per heavy atom. The molecule has 0 bridgehead atoms. The lowest BCUT2D eigenvalue weighted by molar-refractivity contribution is 0.0149. The van der Waals surface area contributed by atoms with Crippen molar-refractivity contribution in [3.63, 3.8) is 0 Å². The van der Waals surface area contributed by atoms with Gasteiger partial charge in [0, 0.05) is 25.4 Å². The molecule has 3 nitrogen and oxygen atoms in total. The van der Waals surface area contributed by atoms with Gasteiger partial charge in [-0.25, -0.2) is 0 Å². The van der Waals surface area contributed by atoms with E-state index < -0.39 is 0 Å². The van der Waals surface area contributed by atoms with Gasteiger partial charge >= 0.3 is 0 Å². The highest BCUT2D eigenvalue weighted by atomic mass is 16.5. The lowest BCUT2D eigenvalue weighted by Gasteiger charge is -2.28. The number of hydrogen-bond donors (Lipinski definition) is 1. The van der Waals surface area contributed by atoms with E-state index in [2.05, 4.69) is 16.4 Å². The van der Waals surface area contributed by atoms with Crippen molar-refractivity contribution in [2.45, 2.75) is 50.7 Å². The van der Waals surface area contributed by atoms with Gasteiger partial charge in [-0.1, -0.05) is 6.07 Å². The second-order valence-electron chi connectivity index (χ2n) is 5.39. The van der Waals surface area contributed by atoms with Gasteiger partial charge in [-0.3, -0.25) is 4.98 Å². The first-order valence-electron chi connectivity index (χ1n) is 7.22. The van der Waals surface area contributed by atoms with Crippen molar-refractivity contribution in [3.05, 3.63) is 29.6 Å². The summed E-state index contributed by atoms with van der Waals surface area (Å²) in [4.78, 5) is 4.56. The molecule has 0 saturated carbocycles. The SMILES string of the molecule is c1cnc2c(c1)CCCC2NCC1CCCCO1. The van der Waals surface area contributed by atoms with Crippen LogP contribution in [0.25, 0.3) is 0 Å². The van der Waals surface area contributed by atoms with Gasteiger partial charge in [-0.15, -0.1) is 0 Å². The molecular formula is C15H22N2O. The maximum absolute atomic E-state index is 5.77. The van der Waals surface area contributed by atoms with Crippen LogP contribution in [-0.4, -0.2) is 24.2 Å². The Balaban J connectivity index is 1.60. The first kappa shape index (κ1) is 12.1. The molecule has 3 heteroatoms. The number of ether oxygens (including phenoxy) is 1. The van der Waals surface area contributed by atoms with Gasteiger partial charge in [0.2, 0.25) is 0 Å². The number of fused-ring (bicyclic) bond motifs is 1. The molecule has 1 aliphatic heterocycles. The molecular weight excluding hydrogens is 224 g/mol. The number of aromatic nitrogens is 1. The highest BCUT2D eigenvalue weighted by molar-refractivity contribution is 5.25. The second-order valence-corrected chi connectivity index (χ2v) is 5.39. The van der Waals surface area contributed by atoms with Crippen LogP contribution in [0.15, 0.2) is 18.3 Å². The molecule has 2 atom stereocenters. The van der Waals surface area contributed by atoms with E-state index in [0.29, 0.717) is 12.1 Å². The molecule has 1 aromatic heterocycles. The zero-order valence-electron chi connectivity index (χ0n) is 10.9. The molecule has 1 aliphatic carbocycles. The van der Waals surface area contributed by atoms with Crippen molar-refractivity contribution >= 4 is 0 Å². The summed E-state index contributed by atoms with van der Waals surface area (Å²) in [5, 5.41) is 3.66. The van der Waals surface area contributed by atoms with E-state index in [9.17, 15) is 0 Å². The molecule has 1 fully saturated rings. The molecule has 2 unspecified atom stereocenters. The Morgan fingerprint density at radius 1 is 1.28 bits per heavy atom. The average molecular weight is 246 g/mol. The fourth-order valence-electron chi connectivity index (χ4n) is 3.05. The molecule has 0 spiro atoms. The standard InChI is InChI=1S/C15H22N2O/c1-2-10-18-13(7-1)11-17-14-8-3-5-12-6-4-9-16-15(12)14/h4,6,9,13-14,17H,1-3,5,7-8,10-11H2. The Morgan fingerprint density at radius 3 is 3.17 bits per heavy atom. The van der Waals surface area contributed by atoms with E-state index in [1.807, 2.05) is 12.3 Å². The first-order chi connectivity index (χ1) is 8.93. The first-order valence-corrected chi connectivity index (χ1v) is 7.22. The summed E-state index contributed by atoms with van der Waals surface area (Å²) in [7, 11) is 0. The van der Waals surface area contributed by atoms with E-state index in [-0.39, 0.29) is 0 Å². The highest BCUT2D eigenvalue weighted by Gasteiger charge is 2.22. The molecule has 1 saturated heterocycles. The van der Waals surface area contributed by atoms with Crippen LogP contribution in [0, 0.1) is 0 Å². The Kier molecular flexibility index (Phi) is 3.91. The molecule has 18 heavy (non-hydrogen) atoms. The van der Waals surface area contributed by atoms with E-state index in [1.54, 1.807) is 0 Å². The fourth-order valence-corrected chi connectivity index (χ4v) is 3.05. The van der Waals surface area contributed by atoms with Crippen molar-refractivity contribution in [1.82, 2.24) is 10.3 Å². The summed E-state index contributed by atoms with van der Waals surface area (Å²) in [6.45, 7) is 1.91. The van der Waals surface area contributed by atoms with Crippen LogP contribution < -0.4 is 5.32 Å². The van der Waals surface area contributed by atoms with Gasteiger partial charge in [0.15, 0.2) is 0 Å². The van der Waals surface area contributed by atoms with Crippen molar-refractivity contribution in [2.24, 2.45) is 0 Å². The van der Waals surface area contributed by atoms with Gasteiger partial charge in [-0.2, -0.15) is 0 Å². The van der Waals surface area contributed by atoms with E-state index in [0.717, 1.165) is 13.2 Å². The van der Waals surface area contributed by atoms with Crippen molar-refractivity contribution in [1.29, 1.82) is 0 Å². The monoisotopic (exact) mass is 246 g/mol. The predicted molar refractivity (Wildman–Crippen MR) is 71.5 cm³/mol. The van der Waals surface area contributed by atoms with Crippen molar-refractivity contribution < 1.29 is 4.74 Å². The van der Waals surface area contributed by atoms with Crippen LogP contribution >= 0.6 is 0 Å². The minimum Gasteiger partial charge on any atom is -0.377 e. The fraction of sp³-hybridized carbons (Fsp3) is 0.667. The summed E-state index contributed by atoms with van der Waals surface area (Å²) < 4.78 is 5.77. The highest BCUT2D eigenvalue weighted by Crippen LogP contribution is 2.27. The quantitative estimate of drug-likeness (QED) is 0.890.